The lowest BCUT2D eigenvalue weighted by molar-refractivity contribution is 0.0212. The Morgan fingerprint density at radius 1 is 0.868 bits per heavy atom. The number of hydrogen-bond acceptors (Lipinski definition) is 7. The third kappa shape index (κ3) is 6.51. The van der Waals surface area contributed by atoms with E-state index in [4.69, 9.17) is 28.9 Å². The second kappa shape index (κ2) is 11.5. The average molecular weight is 578 g/mol. The molecule has 2 N–H and O–H groups in total. The summed E-state index contributed by atoms with van der Waals surface area (Å²) in [4.78, 5) is 4.85. The molecule has 0 radical (unpaired) electrons. The molecule has 2 aromatic rings. The quantitative estimate of drug-likeness (QED) is 0.566. The summed E-state index contributed by atoms with van der Waals surface area (Å²) in [6.45, 7) is 2.90. The lowest BCUT2D eigenvalue weighted by Crippen LogP contribution is -2.64. The smallest absolute Gasteiger partial charge is 0.211 e. The van der Waals surface area contributed by atoms with Gasteiger partial charge >= 0.3 is 0 Å². The van der Waals surface area contributed by atoms with E-state index in [1.54, 1.807) is 4.31 Å². The SMILES string of the molecule is CS(=O)(=O)N1CC(Cc2ccc(Cl)cc2)N(C2CCN(C3=NN=C(N)C3)CC2)C[C@@H]1Cc1ccc(Cl)cc1. The number of nitrogens with zero attached hydrogens (tertiary/aromatic N) is 5. The van der Waals surface area contributed by atoms with E-state index < -0.39 is 10.0 Å². The molecule has 204 valence electrons. The van der Waals surface area contributed by atoms with Crippen LogP contribution in [0.3, 0.4) is 0 Å². The van der Waals surface area contributed by atoms with E-state index in [2.05, 4.69) is 20.0 Å². The average Bonchev–Trinajstić information content (AvgIpc) is 3.33. The summed E-state index contributed by atoms with van der Waals surface area (Å²) >= 11 is 12.2. The van der Waals surface area contributed by atoms with Gasteiger partial charge in [0, 0.05) is 54.3 Å². The van der Waals surface area contributed by atoms with Gasteiger partial charge in [0.2, 0.25) is 10.0 Å². The van der Waals surface area contributed by atoms with E-state index >= 15 is 0 Å². The number of piperidine rings is 1. The minimum atomic E-state index is -3.40. The highest BCUT2D eigenvalue weighted by atomic mass is 35.5. The summed E-state index contributed by atoms with van der Waals surface area (Å²) in [5.74, 6) is 1.51. The highest BCUT2D eigenvalue weighted by Crippen LogP contribution is 2.30. The molecule has 5 rings (SSSR count). The summed E-state index contributed by atoms with van der Waals surface area (Å²) in [5.41, 5.74) is 8.07. The first-order chi connectivity index (χ1) is 18.2. The molecule has 2 saturated heterocycles. The molecule has 2 fully saturated rings. The fourth-order valence-electron chi connectivity index (χ4n) is 5.92. The second-order valence-electron chi connectivity index (χ2n) is 10.5. The van der Waals surface area contributed by atoms with Crippen molar-refractivity contribution in [3.05, 3.63) is 69.7 Å². The van der Waals surface area contributed by atoms with E-state index in [0.29, 0.717) is 47.9 Å². The maximum absolute atomic E-state index is 13.0. The summed E-state index contributed by atoms with van der Waals surface area (Å²) in [7, 11) is -3.40. The predicted molar refractivity (Wildman–Crippen MR) is 154 cm³/mol. The molecule has 0 aromatic heterocycles. The predicted octanol–water partition coefficient (Wildman–Crippen LogP) is 3.63. The van der Waals surface area contributed by atoms with Crippen LogP contribution < -0.4 is 5.73 Å². The Balaban J connectivity index is 1.38. The second-order valence-corrected chi connectivity index (χ2v) is 13.3. The lowest BCUT2D eigenvalue weighted by Gasteiger charge is -2.50. The van der Waals surface area contributed by atoms with Crippen molar-refractivity contribution in [1.82, 2.24) is 14.1 Å². The molecule has 2 aromatic carbocycles. The Bertz CT molecular complexity index is 1290. The van der Waals surface area contributed by atoms with Crippen molar-refractivity contribution in [3.8, 4) is 0 Å². The minimum Gasteiger partial charge on any atom is -0.385 e. The van der Waals surface area contributed by atoms with Gasteiger partial charge in [0.15, 0.2) is 0 Å². The molecule has 8 nitrogen and oxygen atoms in total. The summed E-state index contributed by atoms with van der Waals surface area (Å²) in [5, 5.41) is 9.63. The Morgan fingerprint density at radius 2 is 1.42 bits per heavy atom. The van der Waals surface area contributed by atoms with Crippen molar-refractivity contribution < 1.29 is 8.42 Å². The van der Waals surface area contributed by atoms with Crippen LogP contribution in [0, 0.1) is 0 Å². The largest absolute Gasteiger partial charge is 0.385 e. The van der Waals surface area contributed by atoms with Gasteiger partial charge < -0.3 is 10.6 Å². The molecule has 1 unspecified atom stereocenters. The number of piperazine rings is 1. The molecule has 2 atom stereocenters. The molecule has 0 spiro atoms. The first kappa shape index (κ1) is 27.4. The standard InChI is InChI=1S/C27H34Cl2N6O2S/c1-38(36,37)35-18-24(14-19-2-6-21(28)7-3-19)34(17-25(35)15-20-4-8-22(29)9-5-20)23-10-12-33(13-11-23)27-16-26(30)31-32-27/h2-9,23-25H,10-18H2,1H3,(H2,30,31)/t24?,25-/m0/s1. The molecule has 0 bridgehead atoms. The highest BCUT2D eigenvalue weighted by Gasteiger charge is 2.41. The van der Waals surface area contributed by atoms with Gasteiger partial charge in [0.05, 0.1) is 12.7 Å². The van der Waals surface area contributed by atoms with Crippen LogP contribution in [0.2, 0.25) is 10.0 Å². The van der Waals surface area contributed by atoms with Gasteiger partial charge in [0.1, 0.15) is 11.7 Å². The van der Waals surface area contributed by atoms with Crippen LogP contribution in [0.25, 0.3) is 0 Å². The summed E-state index contributed by atoms with van der Waals surface area (Å²) in [6.07, 6.45) is 5.28. The number of amidine groups is 2. The number of nitrogens with two attached hydrogens (primary N) is 1. The zero-order valence-electron chi connectivity index (χ0n) is 21.5. The number of rotatable bonds is 6. The summed E-state index contributed by atoms with van der Waals surface area (Å²) in [6, 6.07) is 15.8. The molecule has 11 heteroatoms. The van der Waals surface area contributed by atoms with Gasteiger partial charge in [-0.15, -0.1) is 10.2 Å². The van der Waals surface area contributed by atoms with Gasteiger partial charge in [-0.1, -0.05) is 47.5 Å². The maximum atomic E-state index is 13.0. The Hall–Kier alpha value is -2.17. The number of hydrogen-bond donors (Lipinski definition) is 1. The fourth-order valence-corrected chi connectivity index (χ4v) is 7.29. The van der Waals surface area contributed by atoms with Crippen LogP contribution >= 0.6 is 23.2 Å². The Morgan fingerprint density at radius 3 is 1.92 bits per heavy atom. The fraction of sp³-hybridized carbons (Fsp3) is 0.481. The summed E-state index contributed by atoms with van der Waals surface area (Å²) < 4.78 is 27.7. The topological polar surface area (TPSA) is 94.6 Å². The van der Waals surface area contributed by atoms with Gasteiger partial charge in [-0.3, -0.25) is 4.90 Å². The van der Waals surface area contributed by atoms with Gasteiger partial charge in [-0.2, -0.15) is 4.31 Å². The van der Waals surface area contributed by atoms with E-state index in [1.807, 2.05) is 48.5 Å². The van der Waals surface area contributed by atoms with Crippen molar-refractivity contribution in [2.75, 3.05) is 32.4 Å². The van der Waals surface area contributed by atoms with Gasteiger partial charge in [-0.05, 0) is 61.1 Å². The molecular formula is C27H34Cl2N6O2S. The molecule has 38 heavy (non-hydrogen) atoms. The van der Waals surface area contributed by atoms with Crippen LogP contribution in [0.4, 0.5) is 0 Å². The van der Waals surface area contributed by atoms with Crippen molar-refractivity contribution in [2.24, 2.45) is 15.9 Å². The normalized spacial score (nSPS) is 23.9. The van der Waals surface area contributed by atoms with E-state index in [-0.39, 0.29) is 12.1 Å². The highest BCUT2D eigenvalue weighted by molar-refractivity contribution is 7.88. The monoisotopic (exact) mass is 576 g/mol. The van der Waals surface area contributed by atoms with Crippen molar-refractivity contribution in [1.29, 1.82) is 0 Å². The molecule has 0 aliphatic carbocycles. The van der Waals surface area contributed by atoms with Crippen molar-refractivity contribution >= 4 is 44.9 Å². The maximum Gasteiger partial charge on any atom is 0.211 e. The Labute approximate surface area is 235 Å². The zero-order valence-corrected chi connectivity index (χ0v) is 23.8. The molecule has 3 aliphatic rings. The number of likely N-dealkylation sites (tertiary alicyclic amines) is 1. The zero-order chi connectivity index (χ0) is 26.9. The van der Waals surface area contributed by atoms with Gasteiger partial charge in [0.25, 0.3) is 0 Å². The van der Waals surface area contributed by atoms with E-state index in [9.17, 15) is 8.42 Å². The van der Waals surface area contributed by atoms with Crippen LogP contribution in [0.5, 0.6) is 0 Å². The Kier molecular flexibility index (Phi) is 8.30. The third-order valence-electron chi connectivity index (χ3n) is 7.82. The van der Waals surface area contributed by atoms with Crippen LogP contribution in [0.1, 0.15) is 30.4 Å². The number of halogens is 2. The van der Waals surface area contributed by atoms with Crippen molar-refractivity contribution in [3.63, 3.8) is 0 Å². The molecule has 0 amide bonds. The molecule has 3 aliphatic heterocycles. The van der Waals surface area contributed by atoms with E-state index in [0.717, 1.165) is 49.3 Å². The van der Waals surface area contributed by atoms with Crippen LogP contribution in [-0.4, -0.2) is 84.8 Å². The minimum absolute atomic E-state index is 0.0618. The number of sulfonamides is 1. The molecular weight excluding hydrogens is 543 g/mol. The molecule has 0 saturated carbocycles. The molecule has 3 heterocycles. The third-order valence-corrected chi connectivity index (χ3v) is 9.62. The van der Waals surface area contributed by atoms with Crippen LogP contribution in [0.15, 0.2) is 58.7 Å². The van der Waals surface area contributed by atoms with E-state index in [1.165, 1.54) is 6.26 Å². The van der Waals surface area contributed by atoms with Gasteiger partial charge in [-0.25, -0.2) is 8.42 Å². The first-order valence-electron chi connectivity index (χ1n) is 13.0. The lowest BCUT2D eigenvalue weighted by atomic mass is 9.93. The first-order valence-corrected chi connectivity index (χ1v) is 15.6. The van der Waals surface area contributed by atoms with Crippen molar-refractivity contribution in [2.45, 2.75) is 50.2 Å². The van der Waals surface area contributed by atoms with Crippen LogP contribution in [-0.2, 0) is 22.9 Å². The number of benzene rings is 2.